The minimum Gasteiger partial charge on any atom is -0.484 e. The fourth-order valence-corrected chi connectivity index (χ4v) is 4.32. The van der Waals surface area contributed by atoms with Crippen LogP contribution in [-0.2, 0) is 22.4 Å². The normalized spacial score (nSPS) is 18.8. The van der Waals surface area contributed by atoms with Gasteiger partial charge in [-0.1, -0.05) is 6.07 Å². The van der Waals surface area contributed by atoms with Gasteiger partial charge >= 0.3 is 0 Å². The molecule has 1 N–H and O–H groups in total. The maximum Gasteiger partial charge on any atom is 0.260 e. The first-order valence-electron chi connectivity index (χ1n) is 9.42. The fraction of sp³-hybridized carbons (Fsp3) is 0.450. The molecule has 0 spiro atoms. The van der Waals surface area contributed by atoms with E-state index < -0.39 is 0 Å². The molecular weight excluding hydrogens is 362 g/mol. The van der Waals surface area contributed by atoms with Gasteiger partial charge in [-0.15, -0.1) is 11.3 Å². The number of anilines is 1. The van der Waals surface area contributed by atoms with Crippen LogP contribution in [0.4, 0.5) is 5.13 Å². The zero-order valence-electron chi connectivity index (χ0n) is 15.1. The van der Waals surface area contributed by atoms with E-state index in [0.717, 1.165) is 31.4 Å². The molecule has 27 heavy (non-hydrogen) atoms. The molecule has 0 saturated carbocycles. The first-order valence-corrected chi connectivity index (χ1v) is 10.3. The minimum absolute atomic E-state index is 0.0135. The molecule has 1 atom stereocenters. The average Bonchev–Trinajstić information content (AvgIpc) is 3.37. The van der Waals surface area contributed by atoms with Crippen molar-refractivity contribution < 1.29 is 14.3 Å². The number of hydrogen-bond acceptors (Lipinski definition) is 5. The molecule has 1 fully saturated rings. The molecule has 1 aliphatic carbocycles. The van der Waals surface area contributed by atoms with Crippen molar-refractivity contribution in [3.63, 3.8) is 0 Å². The number of hydrogen-bond donors (Lipinski definition) is 1. The van der Waals surface area contributed by atoms with E-state index in [4.69, 9.17) is 4.74 Å². The monoisotopic (exact) mass is 385 g/mol. The molecule has 0 radical (unpaired) electrons. The highest BCUT2D eigenvalue weighted by atomic mass is 32.1. The smallest absolute Gasteiger partial charge is 0.260 e. The number of nitrogens with one attached hydrogen (secondary N) is 1. The number of nitrogens with zero attached hydrogens (tertiary/aromatic N) is 2. The highest BCUT2D eigenvalue weighted by Gasteiger charge is 2.29. The van der Waals surface area contributed by atoms with Gasteiger partial charge in [0.1, 0.15) is 5.75 Å². The molecule has 2 aliphatic rings. The summed E-state index contributed by atoms with van der Waals surface area (Å²) in [6.45, 7) is 1.12. The Bertz CT molecular complexity index is 822. The number of amides is 2. The lowest BCUT2D eigenvalue weighted by molar-refractivity contribution is -0.136. The highest BCUT2D eigenvalue weighted by molar-refractivity contribution is 7.13. The Balaban J connectivity index is 1.30. The molecule has 1 aliphatic heterocycles. The number of benzene rings is 1. The van der Waals surface area contributed by atoms with Crippen LogP contribution in [0.25, 0.3) is 0 Å². The summed E-state index contributed by atoms with van der Waals surface area (Å²) in [5.74, 6) is 0.412. The van der Waals surface area contributed by atoms with E-state index in [2.05, 4.69) is 22.4 Å². The molecule has 7 heteroatoms. The lowest BCUT2D eigenvalue weighted by atomic mass is 9.97. The van der Waals surface area contributed by atoms with Gasteiger partial charge in [0.25, 0.3) is 5.91 Å². The Labute approximate surface area is 162 Å². The van der Waals surface area contributed by atoms with E-state index in [-0.39, 0.29) is 24.3 Å². The number of carbonyl (C=O) groups is 2. The number of aromatic nitrogens is 1. The number of piperidine rings is 1. The van der Waals surface area contributed by atoms with Gasteiger partial charge < -0.3 is 15.0 Å². The molecule has 4 rings (SSSR count). The third kappa shape index (κ3) is 4.30. The van der Waals surface area contributed by atoms with Crippen LogP contribution in [-0.4, -0.2) is 41.4 Å². The van der Waals surface area contributed by atoms with Crippen molar-refractivity contribution in [1.29, 1.82) is 0 Å². The van der Waals surface area contributed by atoms with Gasteiger partial charge in [-0.05, 0) is 55.4 Å². The van der Waals surface area contributed by atoms with Crippen LogP contribution >= 0.6 is 11.3 Å². The third-order valence-corrected chi connectivity index (χ3v) is 5.93. The molecule has 2 heterocycles. The van der Waals surface area contributed by atoms with Crippen LogP contribution in [0.2, 0.25) is 0 Å². The van der Waals surface area contributed by atoms with Crippen LogP contribution in [0.3, 0.4) is 0 Å². The summed E-state index contributed by atoms with van der Waals surface area (Å²) in [6, 6.07) is 6.09. The van der Waals surface area contributed by atoms with Gasteiger partial charge in [-0.25, -0.2) is 4.98 Å². The molecule has 2 aromatic rings. The number of aryl methyl sites for hydroxylation is 2. The lowest BCUT2D eigenvalue weighted by Crippen LogP contribution is -2.45. The standard InChI is InChI=1S/C20H23N3O3S/c24-18(13-26-17-7-6-14-3-1-4-15(14)11-17)23-9-2-5-16(12-23)19(25)22-20-21-8-10-27-20/h6-8,10-11,16H,1-5,9,12-13H2,(H,21,22,25). The Morgan fingerprint density at radius 1 is 1.26 bits per heavy atom. The Hall–Kier alpha value is -2.41. The zero-order chi connectivity index (χ0) is 18.6. The van der Waals surface area contributed by atoms with E-state index in [1.54, 1.807) is 11.1 Å². The molecule has 2 amide bonds. The van der Waals surface area contributed by atoms with Crippen molar-refractivity contribution in [3.8, 4) is 5.75 Å². The average molecular weight is 385 g/mol. The molecule has 142 valence electrons. The summed E-state index contributed by atoms with van der Waals surface area (Å²) < 4.78 is 5.73. The van der Waals surface area contributed by atoms with Crippen molar-refractivity contribution in [2.45, 2.75) is 32.1 Å². The van der Waals surface area contributed by atoms with Crippen LogP contribution in [0.5, 0.6) is 5.75 Å². The number of thiazole rings is 1. The first-order chi connectivity index (χ1) is 13.2. The summed E-state index contributed by atoms with van der Waals surface area (Å²) >= 11 is 1.39. The first kappa shape index (κ1) is 18.0. The van der Waals surface area contributed by atoms with Crippen LogP contribution in [0, 0.1) is 5.92 Å². The second-order valence-electron chi connectivity index (χ2n) is 7.08. The fourth-order valence-electron chi connectivity index (χ4n) is 3.78. The Kier molecular flexibility index (Phi) is 5.38. The highest BCUT2D eigenvalue weighted by Crippen LogP contribution is 2.26. The number of likely N-dealkylation sites (tertiary alicyclic amines) is 1. The van der Waals surface area contributed by atoms with Gasteiger partial charge in [0.15, 0.2) is 11.7 Å². The Morgan fingerprint density at radius 3 is 3.00 bits per heavy atom. The maximum atomic E-state index is 12.5. The predicted molar refractivity (Wildman–Crippen MR) is 104 cm³/mol. The second kappa shape index (κ2) is 8.08. The van der Waals surface area contributed by atoms with E-state index in [9.17, 15) is 9.59 Å². The summed E-state index contributed by atoms with van der Waals surface area (Å²) in [6.07, 6.45) is 6.67. The number of carbonyl (C=O) groups excluding carboxylic acids is 2. The molecule has 1 saturated heterocycles. The molecule has 6 nitrogen and oxygen atoms in total. The Morgan fingerprint density at radius 2 is 2.15 bits per heavy atom. The molecule has 1 aromatic carbocycles. The topological polar surface area (TPSA) is 71.5 Å². The predicted octanol–water partition coefficient (Wildman–Crippen LogP) is 2.89. The third-order valence-electron chi connectivity index (χ3n) is 5.24. The lowest BCUT2D eigenvalue weighted by Gasteiger charge is -2.31. The largest absolute Gasteiger partial charge is 0.484 e. The van der Waals surface area contributed by atoms with Crippen molar-refractivity contribution in [2.24, 2.45) is 5.92 Å². The summed E-state index contributed by atoms with van der Waals surface area (Å²) in [5.41, 5.74) is 2.72. The van der Waals surface area contributed by atoms with Gasteiger partial charge in [0, 0.05) is 24.7 Å². The van der Waals surface area contributed by atoms with Gasteiger partial charge in [-0.2, -0.15) is 0 Å². The molecular formula is C20H23N3O3S. The minimum atomic E-state index is -0.202. The molecule has 1 unspecified atom stereocenters. The second-order valence-corrected chi connectivity index (χ2v) is 7.97. The van der Waals surface area contributed by atoms with Crippen molar-refractivity contribution >= 4 is 28.3 Å². The SMILES string of the molecule is O=C(Nc1nccs1)C1CCCN(C(=O)COc2ccc3c(c2)CCC3)C1. The van der Waals surface area contributed by atoms with Gasteiger partial charge in [0.05, 0.1) is 5.92 Å². The number of fused-ring (bicyclic) bond motifs is 1. The quantitative estimate of drug-likeness (QED) is 0.859. The van der Waals surface area contributed by atoms with E-state index >= 15 is 0 Å². The van der Waals surface area contributed by atoms with Crippen LogP contribution < -0.4 is 10.1 Å². The number of rotatable bonds is 5. The van der Waals surface area contributed by atoms with Crippen molar-refractivity contribution in [3.05, 3.63) is 40.9 Å². The number of ether oxygens (including phenoxy) is 1. The van der Waals surface area contributed by atoms with E-state index in [1.807, 2.05) is 11.4 Å². The molecule has 1 aromatic heterocycles. The summed E-state index contributed by atoms with van der Waals surface area (Å²) in [7, 11) is 0. The van der Waals surface area contributed by atoms with Crippen LogP contribution in [0.1, 0.15) is 30.4 Å². The summed E-state index contributed by atoms with van der Waals surface area (Å²) in [5, 5.41) is 5.25. The van der Waals surface area contributed by atoms with Crippen molar-refractivity contribution in [1.82, 2.24) is 9.88 Å². The van der Waals surface area contributed by atoms with Gasteiger partial charge in [0.2, 0.25) is 5.91 Å². The zero-order valence-corrected chi connectivity index (χ0v) is 16.0. The maximum absolute atomic E-state index is 12.5. The van der Waals surface area contributed by atoms with E-state index in [1.165, 1.54) is 28.9 Å². The van der Waals surface area contributed by atoms with Crippen LogP contribution in [0.15, 0.2) is 29.8 Å². The molecule has 0 bridgehead atoms. The van der Waals surface area contributed by atoms with E-state index in [0.29, 0.717) is 18.2 Å². The summed E-state index contributed by atoms with van der Waals surface area (Å²) in [4.78, 5) is 30.8. The van der Waals surface area contributed by atoms with Gasteiger partial charge in [-0.3, -0.25) is 9.59 Å². The van der Waals surface area contributed by atoms with Crippen molar-refractivity contribution in [2.75, 3.05) is 25.0 Å².